The summed E-state index contributed by atoms with van der Waals surface area (Å²) in [5.41, 5.74) is 0. The monoisotopic (exact) mass is 334 g/mol. The van der Waals surface area contributed by atoms with Crippen LogP contribution in [0.1, 0.15) is 0 Å². The Kier molecular flexibility index (Phi) is 3.59. The normalized spacial score (nSPS) is 10.3. The van der Waals surface area contributed by atoms with E-state index in [1.165, 1.54) is 0 Å². The average Bonchev–Trinajstić information content (AvgIpc) is 1.97. The average molecular weight is 337 g/mol. The molecular weight excluding hydrogens is 335 g/mol. The summed E-state index contributed by atoms with van der Waals surface area (Å²) in [4.78, 5) is 0.749. The van der Waals surface area contributed by atoms with Crippen molar-refractivity contribution in [2.75, 3.05) is 0 Å². The maximum Gasteiger partial charge on any atom is 0.0746 e. The standard InChI is InChI=1S/C6H2Br2Cl2S/c7-2-1-3(9)5(10)4(8)6(2)11/h1,11H. The summed E-state index contributed by atoms with van der Waals surface area (Å²) < 4.78 is 1.53. The second-order valence-electron chi connectivity index (χ2n) is 1.82. The fraction of sp³-hybridized carbons (Fsp3) is 0. The summed E-state index contributed by atoms with van der Waals surface area (Å²) in [6.07, 6.45) is 0. The zero-order chi connectivity index (χ0) is 8.59. The molecule has 0 N–H and O–H groups in total. The van der Waals surface area contributed by atoms with Gasteiger partial charge in [0.25, 0.3) is 0 Å². The second kappa shape index (κ2) is 3.88. The Morgan fingerprint density at radius 3 is 2.36 bits per heavy atom. The Hall–Kier alpha value is 1.11. The Morgan fingerprint density at radius 2 is 1.82 bits per heavy atom. The topological polar surface area (TPSA) is 0 Å². The van der Waals surface area contributed by atoms with Crippen LogP contribution < -0.4 is 0 Å². The lowest BCUT2D eigenvalue weighted by Crippen LogP contribution is -1.77. The van der Waals surface area contributed by atoms with E-state index < -0.39 is 0 Å². The van der Waals surface area contributed by atoms with Crippen molar-refractivity contribution in [1.29, 1.82) is 0 Å². The largest absolute Gasteiger partial charge is 0.141 e. The summed E-state index contributed by atoms with van der Waals surface area (Å²) in [6, 6.07) is 1.71. The lowest BCUT2D eigenvalue weighted by atomic mass is 10.4. The van der Waals surface area contributed by atoms with Crippen molar-refractivity contribution < 1.29 is 0 Å². The Bertz CT molecular complexity index is 275. The SMILES string of the molecule is Sc1c(Br)cc(Cl)c(Cl)c1Br. The van der Waals surface area contributed by atoms with E-state index in [9.17, 15) is 0 Å². The molecule has 0 saturated heterocycles. The van der Waals surface area contributed by atoms with Crippen molar-refractivity contribution in [3.05, 3.63) is 25.1 Å². The van der Waals surface area contributed by atoms with Gasteiger partial charge in [0, 0.05) is 9.37 Å². The molecule has 60 valence electrons. The third kappa shape index (κ3) is 2.07. The number of halogens is 4. The molecular formula is C6H2Br2Cl2S. The predicted molar refractivity (Wildman–Crippen MR) is 59.1 cm³/mol. The Morgan fingerprint density at radius 1 is 1.27 bits per heavy atom. The van der Waals surface area contributed by atoms with E-state index in [-0.39, 0.29) is 0 Å². The van der Waals surface area contributed by atoms with Crippen LogP contribution >= 0.6 is 67.7 Å². The van der Waals surface area contributed by atoms with Gasteiger partial charge in [0.05, 0.1) is 14.5 Å². The van der Waals surface area contributed by atoms with Gasteiger partial charge in [-0.3, -0.25) is 0 Å². The molecule has 0 aliphatic rings. The van der Waals surface area contributed by atoms with Crippen molar-refractivity contribution >= 4 is 67.7 Å². The minimum Gasteiger partial charge on any atom is -0.141 e. The zero-order valence-electron chi connectivity index (χ0n) is 5.04. The molecule has 0 atom stereocenters. The molecule has 1 aromatic rings. The van der Waals surface area contributed by atoms with Crippen molar-refractivity contribution in [2.45, 2.75) is 4.90 Å². The van der Waals surface area contributed by atoms with Crippen LogP contribution in [0.15, 0.2) is 19.9 Å². The second-order valence-corrected chi connectivity index (χ2v) is 4.70. The smallest absolute Gasteiger partial charge is 0.0746 e. The fourth-order valence-corrected chi connectivity index (χ4v) is 2.52. The molecule has 0 fully saturated rings. The molecule has 0 amide bonds. The van der Waals surface area contributed by atoms with Gasteiger partial charge in [-0.1, -0.05) is 23.2 Å². The molecule has 0 unspecified atom stereocenters. The first-order chi connectivity index (χ1) is 5.04. The van der Waals surface area contributed by atoms with Crippen LogP contribution in [0.2, 0.25) is 10.0 Å². The van der Waals surface area contributed by atoms with E-state index in [0.717, 1.165) is 9.37 Å². The maximum absolute atomic E-state index is 5.81. The molecule has 0 heterocycles. The van der Waals surface area contributed by atoms with Crippen molar-refractivity contribution in [3.63, 3.8) is 0 Å². The molecule has 0 saturated carbocycles. The molecule has 5 heteroatoms. The maximum atomic E-state index is 5.81. The lowest BCUT2D eigenvalue weighted by molar-refractivity contribution is 1.37. The van der Waals surface area contributed by atoms with Gasteiger partial charge in [-0.05, 0) is 37.9 Å². The highest BCUT2D eigenvalue weighted by atomic mass is 79.9. The van der Waals surface area contributed by atoms with Gasteiger partial charge in [-0.15, -0.1) is 12.6 Å². The molecule has 0 bridgehead atoms. The molecule has 0 spiro atoms. The van der Waals surface area contributed by atoms with Crippen LogP contribution in [0.25, 0.3) is 0 Å². The lowest BCUT2D eigenvalue weighted by Gasteiger charge is -2.04. The number of thiol groups is 1. The summed E-state index contributed by atoms with van der Waals surface area (Å²) >= 11 is 22.3. The summed E-state index contributed by atoms with van der Waals surface area (Å²) in [5.74, 6) is 0. The van der Waals surface area contributed by atoms with Gasteiger partial charge in [0.15, 0.2) is 0 Å². The molecule has 0 radical (unpaired) electrons. The van der Waals surface area contributed by atoms with Crippen molar-refractivity contribution in [1.82, 2.24) is 0 Å². The van der Waals surface area contributed by atoms with E-state index in [2.05, 4.69) is 44.5 Å². The molecule has 1 rings (SSSR count). The number of hydrogen-bond acceptors (Lipinski definition) is 1. The number of hydrogen-bond donors (Lipinski definition) is 1. The quantitative estimate of drug-likeness (QED) is 0.392. The fourth-order valence-electron chi connectivity index (χ4n) is 0.557. The van der Waals surface area contributed by atoms with E-state index in [1.54, 1.807) is 6.07 Å². The molecule has 11 heavy (non-hydrogen) atoms. The van der Waals surface area contributed by atoms with Gasteiger partial charge >= 0.3 is 0 Å². The Labute approximate surface area is 96.9 Å². The first-order valence-electron chi connectivity index (χ1n) is 2.56. The number of rotatable bonds is 0. The third-order valence-corrected chi connectivity index (χ3v) is 4.60. The molecule has 0 aromatic heterocycles. The first kappa shape index (κ1) is 10.2. The number of benzene rings is 1. The molecule has 0 nitrogen and oxygen atoms in total. The Balaban J connectivity index is 3.46. The van der Waals surface area contributed by atoms with Crippen LogP contribution in [0.5, 0.6) is 0 Å². The van der Waals surface area contributed by atoms with Gasteiger partial charge < -0.3 is 0 Å². The van der Waals surface area contributed by atoms with Gasteiger partial charge in [-0.25, -0.2) is 0 Å². The highest BCUT2D eigenvalue weighted by Crippen LogP contribution is 2.39. The van der Waals surface area contributed by atoms with Crippen LogP contribution in [0, 0.1) is 0 Å². The minimum atomic E-state index is 0.486. The minimum absolute atomic E-state index is 0.486. The summed E-state index contributed by atoms with van der Waals surface area (Å²) in [5, 5.41) is 0.989. The predicted octanol–water partition coefficient (Wildman–Crippen LogP) is 4.81. The van der Waals surface area contributed by atoms with E-state index in [0.29, 0.717) is 14.5 Å². The molecule has 0 aliphatic carbocycles. The molecule has 1 aromatic carbocycles. The van der Waals surface area contributed by atoms with Crippen LogP contribution in [-0.2, 0) is 0 Å². The highest BCUT2D eigenvalue weighted by molar-refractivity contribution is 9.11. The van der Waals surface area contributed by atoms with Gasteiger partial charge in [-0.2, -0.15) is 0 Å². The van der Waals surface area contributed by atoms with Crippen molar-refractivity contribution in [3.8, 4) is 0 Å². The molecule has 0 aliphatic heterocycles. The van der Waals surface area contributed by atoms with Crippen LogP contribution in [0.3, 0.4) is 0 Å². The van der Waals surface area contributed by atoms with Crippen molar-refractivity contribution in [2.24, 2.45) is 0 Å². The van der Waals surface area contributed by atoms with Crippen LogP contribution in [0.4, 0.5) is 0 Å². The summed E-state index contributed by atoms with van der Waals surface area (Å²) in [7, 11) is 0. The van der Waals surface area contributed by atoms with Gasteiger partial charge in [0.1, 0.15) is 0 Å². The third-order valence-electron chi connectivity index (χ3n) is 1.09. The van der Waals surface area contributed by atoms with E-state index >= 15 is 0 Å². The van der Waals surface area contributed by atoms with E-state index in [1.807, 2.05) is 0 Å². The first-order valence-corrected chi connectivity index (χ1v) is 5.35. The highest BCUT2D eigenvalue weighted by Gasteiger charge is 2.09. The van der Waals surface area contributed by atoms with Crippen LogP contribution in [-0.4, -0.2) is 0 Å². The summed E-state index contributed by atoms with van der Waals surface area (Å²) in [6.45, 7) is 0. The van der Waals surface area contributed by atoms with E-state index in [4.69, 9.17) is 23.2 Å². The zero-order valence-corrected chi connectivity index (χ0v) is 10.6. The van der Waals surface area contributed by atoms with Gasteiger partial charge in [0.2, 0.25) is 0 Å².